The van der Waals surface area contributed by atoms with Crippen molar-refractivity contribution in [2.75, 3.05) is 33.4 Å². The number of aromatic nitrogens is 2. The van der Waals surface area contributed by atoms with Crippen LogP contribution in [0.5, 0.6) is 0 Å². The van der Waals surface area contributed by atoms with E-state index >= 15 is 0 Å². The van der Waals surface area contributed by atoms with Crippen molar-refractivity contribution in [1.29, 1.82) is 0 Å². The van der Waals surface area contributed by atoms with Crippen molar-refractivity contribution < 1.29 is 17.9 Å². The van der Waals surface area contributed by atoms with Gasteiger partial charge in [0.05, 0.1) is 36.6 Å². The van der Waals surface area contributed by atoms with Crippen molar-refractivity contribution in [2.24, 2.45) is 5.92 Å². The van der Waals surface area contributed by atoms with E-state index in [9.17, 15) is 13.2 Å². The molecule has 2 aliphatic heterocycles. The van der Waals surface area contributed by atoms with Crippen molar-refractivity contribution in [3.05, 3.63) is 11.4 Å². The highest BCUT2D eigenvalue weighted by Gasteiger charge is 2.42. The number of carbonyl (C=O) groups excluding carboxylic acids is 1. The first-order chi connectivity index (χ1) is 10.3. The molecule has 3 heterocycles. The Morgan fingerprint density at radius 2 is 2.00 bits per heavy atom. The number of aryl methyl sites for hydroxylation is 2. The molecule has 0 aliphatic carbocycles. The van der Waals surface area contributed by atoms with Gasteiger partial charge in [-0.05, 0) is 13.8 Å². The molecule has 8 nitrogen and oxygen atoms in total. The third kappa shape index (κ3) is 2.33. The lowest BCUT2D eigenvalue weighted by Gasteiger charge is -2.28. The summed E-state index contributed by atoms with van der Waals surface area (Å²) in [7, 11) is -1.98. The fraction of sp³-hybridized carbons (Fsp3) is 0.692. The van der Waals surface area contributed by atoms with Crippen LogP contribution in [0, 0.1) is 19.8 Å². The predicted octanol–water partition coefficient (Wildman–Crippen LogP) is -0.496. The van der Waals surface area contributed by atoms with Crippen LogP contribution in [0.2, 0.25) is 0 Å². The van der Waals surface area contributed by atoms with Crippen molar-refractivity contribution >= 4 is 15.9 Å². The zero-order valence-corrected chi connectivity index (χ0v) is 13.7. The van der Waals surface area contributed by atoms with Crippen LogP contribution in [-0.2, 0) is 19.6 Å². The minimum absolute atomic E-state index is 0.0548. The van der Waals surface area contributed by atoms with E-state index in [1.54, 1.807) is 25.8 Å². The number of hydrogen-bond acceptors (Lipinski definition) is 5. The molecule has 1 N–H and O–H groups in total. The lowest BCUT2D eigenvalue weighted by Crippen LogP contribution is -2.45. The summed E-state index contributed by atoms with van der Waals surface area (Å²) < 4.78 is 32.9. The van der Waals surface area contributed by atoms with Gasteiger partial charge in [0.2, 0.25) is 15.9 Å². The highest BCUT2D eigenvalue weighted by Crippen LogP contribution is 2.27. The largest absolute Gasteiger partial charge is 0.378 e. The molecule has 2 bridgehead atoms. The van der Waals surface area contributed by atoms with Gasteiger partial charge in [-0.25, -0.2) is 8.42 Å². The topological polar surface area (TPSA) is 95.6 Å². The second-order valence-corrected chi connectivity index (χ2v) is 7.80. The number of fused-ring (bicyclic) bond motifs is 3. The summed E-state index contributed by atoms with van der Waals surface area (Å²) in [5.41, 5.74) is 0.964. The molecule has 0 spiro atoms. The van der Waals surface area contributed by atoms with Crippen molar-refractivity contribution in [2.45, 2.75) is 24.8 Å². The van der Waals surface area contributed by atoms with E-state index in [0.717, 1.165) is 0 Å². The average Bonchev–Trinajstić information content (AvgIpc) is 2.64. The smallest absolute Gasteiger partial charge is 0.246 e. The van der Waals surface area contributed by atoms with Crippen molar-refractivity contribution in [1.82, 2.24) is 19.4 Å². The van der Waals surface area contributed by atoms with Crippen molar-refractivity contribution in [3.63, 3.8) is 0 Å². The Balaban J connectivity index is 2.00. The third-order valence-corrected chi connectivity index (χ3v) is 6.47. The fourth-order valence-corrected chi connectivity index (χ4v) is 4.96. The lowest BCUT2D eigenvalue weighted by atomic mass is 10.1. The zero-order chi connectivity index (χ0) is 16.1. The highest BCUT2D eigenvalue weighted by molar-refractivity contribution is 7.89. The van der Waals surface area contributed by atoms with Crippen LogP contribution in [-0.4, -0.2) is 73.1 Å². The van der Waals surface area contributed by atoms with Crippen molar-refractivity contribution in [3.8, 4) is 0 Å². The molecular weight excluding hydrogens is 308 g/mol. The first-order valence-electron chi connectivity index (χ1n) is 7.18. The van der Waals surface area contributed by atoms with E-state index in [1.165, 1.54) is 4.31 Å². The number of hydrogen-bond donors (Lipinski definition) is 1. The minimum Gasteiger partial charge on any atom is -0.378 e. The van der Waals surface area contributed by atoms with E-state index in [2.05, 4.69) is 10.2 Å². The fourth-order valence-electron chi connectivity index (χ4n) is 3.10. The van der Waals surface area contributed by atoms with Gasteiger partial charge in [-0.3, -0.25) is 9.89 Å². The number of likely N-dealkylation sites (N-methyl/N-ethyl adjacent to an activating group) is 1. The van der Waals surface area contributed by atoms with E-state index in [0.29, 0.717) is 18.0 Å². The van der Waals surface area contributed by atoms with Crippen LogP contribution >= 0.6 is 0 Å². The number of aromatic amines is 1. The molecule has 122 valence electrons. The molecule has 3 rings (SSSR count). The summed E-state index contributed by atoms with van der Waals surface area (Å²) in [6.07, 6.45) is 0. The van der Waals surface area contributed by atoms with E-state index in [1.807, 2.05) is 0 Å². The first-order valence-corrected chi connectivity index (χ1v) is 8.62. The SMILES string of the molecule is Cc1n[nH]c(C)c1S(=O)(=O)N1C[C@@H]2COC[C@H](C1)N(C)C2=O. The molecule has 0 radical (unpaired) electrons. The van der Waals surface area contributed by atoms with E-state index in [-0.39, 0.29) is 36.5 Å². The standard InChI is InChI=1S/C13H20N4O4S/c1-8-12(9(2)15-14-8)22(19,20)17-4-10-6-21-7-11(5-17)16(3)13(10)18/h10-11H,4-7H2,1-3H3,(H,14,15)/t10-,11+/m1/s1. The lowest BCUT2D eigenvalue weighted by molar-refractivity contribution is -0.133. The minimum atomic E-state index is -3.69. The molecule has 0 unspecified atom stereocenters. The van der Waals surface area contributed by atoms with E-state index in [4.69, 9.17) is 4.74 Å². The predicted molar refractivity (Wildman–Crippen MR) is 77.7 cm³/mol. The summed E-state index contributed by atoms with van der Waals surface area (Å²) in [6, 6.07) is -0.262. The van der Waals surface area contributed by atoms with Gasteiger partial charge < -0.3 is 9.64 Å². The number of nitrogens with zero attached hydrogens (tertiary/aromatic N) is 3. The van der Waals surface area contributed by atoms with Gasteiger partial charge in [0, 0.05) is 20.1 Å². The van der Waals surface area contributed by atoms with Crippen LogP contribution in [0.15, 0.2) is 4.90 Å². The number of rotatable bonds is 2. The molecule has 2 atom stereocenters. The summed E-state index contributed by atoms with van der Waals surface area (Å²) in [4.78, 5) is 14.2. The van der Waals surface area contributed by atoms with E-state index < -0.39 is 15.9 Å². The maximum atomic E-state index is 13.0. The average molecular weight is 328 g/mol. The maximum absolute atomic E-state index is 13.0. The zero-order valence-electron chi connectivity index (χ0n) is 12.9. The third-order valence-electron chi connectivity index (χ3n) is 4.37. The van der Waals surface area contributed by atoms with Gasteiger partial charge in [-0.1, -0.05) is 0 Å². The normalized spacial score (nSPS) is 27.0. The van der Waals surface area contributed by atoms with Gasteiger partial charge in [0.1, 0.15) is 4.90 Å². The van der Waals surface area contributed by atoms with Gasteiger partial charge in [-0.2, -0.15) is 9.40 Å². The van der Waals surface area contributed by atoms with Gasteiger partial charge in [0.15, 0.2) is 0 Å². The summed E-state index contributed by atoms with van der Waals surface area (Å²) in [6.45, 7) is 4.35. The number of carbonyl (C=O) groups is 1. The van der Waals surface area contributed by atoms with Crippen LogP contribution in [0.1, 0.15) is 11.4 Å². The number of sulfonamides is 1. The molecule has 1 aromatic heterocycles. The molecule has 0 saturated carbocycles. The van der Waals surface area contributed by atoms with Crippen LogP contribution in [0.3, 0.4) is 0 Å². The summed E-state index contributed by atoms with van der Waals surface area (Å²) in [5, 5.41) is 6.68. The Morgan fingerprint density at radius 1 is 1.27 bits per heavy atom. The molecule has 2 fully saturated rings. The molecule has 22 heavy (non-hydrogen) atoms. The van der Waals surface area contributed by atoms with Gasteiger partial charge in [0.25, 0.3) is 0 Å². The molecular formula is C13H20N4O4S. The van der Waals surface area contributed by atoms with Crippen LogP contribution in [0.4, 0.5) is 0 Å². The monoisotopic (exact) mass is 328 g/mol. The van der Waals surface area contributed by atoms with Gasteiger partial charge in [-0.15, -0.1) is 0 Å². The Bertz CT molecular complexity index is 679. The molecule has 2 aliphatic rings. The quantitative estimate of drug-likeness (QED) is 0.790. The van der Waals surface area contributed by atoms with Crippen LogP contribution in [0.25, 0.3) is 0 Å². The molecule has 2 saturated heterocycles. The Morgan fingerprint density at radius 3 is 2.64 bits per heavy atom. The van der Waals surface area contributed by atoms with Crippen LogP contribution < -0.4 is 0 Å². The highest BCUT2D eigenvalue weighted by atomic mass is 32.2. The Kier molecular flexibility index (Phi) is 3.74. The summed E-state index contributed by atoms with van der Waals surface area (Å²) >= 11 is 0. The molecule has 9 heteroatoms. The first kappa shape index (κ1) is 15.4. The Hall–Kier alpha value is -1.45. The number of nitrogens with one attached hydrogen (secondary N) is 1. The Labute approximate surface area is 129 Å². The number of amides is 1. The molecule has 1 amide bonds. The summed E-state index contributed by atoms with van der Waals surface area (Å²) in [5.74, 6) is -0.513. The number of ether oxygens (including phenoxy) is 1. The second kappa shape index (κ2) is 5.32. The second-order valence-electron chi connectivity index (χ2n) is 5.92. The number of H-pyrrole nitrogens is 1. The molecule has 0 aromatic carbocycles. The molecule has 1 aromatic rings. The maximum Gasteiger partial charge on any atom is 0.246 e. The van der Waals surface area contributed by atoms with Gasteiger partial charge >= 0.3 is 0 Å².